The van der Waals surface area contributed by atoms with Crippen LogP contribution in [-0.4, -0.2) is 40.4 Å². The Morgan fingerprint density at radius 1 is 1.44 bits per heavy atom. The molecule has 0 radical (unpaired) electrons. The summed E-state index contributed by atoms with van der Waals surface area (Å²) < 4.78 is 1.24. The monoisotopic (exact) mass is 270 g/mol. The Labute approximate surface area is 112 Å². The standard InChI is InChI=1S/C12H19ClN4O/c1-8-4-5-9(7-16(8)2)15-10-6-14-17(3)12(18)11(10)13/h6,8-9,15H,4-5,7H2,1-3H3/t8-,9-/m1/s1. The van der Waals surface area contributed by atoms with Crippen molar-refractivity contribution in [1.29, 1.82) is 0 Å². The molecular formula is C12H19ClN4O. The second-order valence-electron chi connectivity index (χ2n) is 5.01. The second-order valence-corrected chi connectivity index (χ2v) is 5.39. The van der Waals surface area contributed by atoms with E-state index in [1.54, 1.807) is 13.2 Å². The maximum absolute atomic E-state index is 11.7. The minimum Gasteiger partial charge on any atom is -0.378 e. The number of nitrogens with zero attached hydrogens (tertiary/aromatic N) is 3. The van der Waals surface area contributed by atoms with Gasteiger partial charge in [-0.1, -0.05) is 11.6 Å². The predicted molar refractivity (Wildman–Crippen MR) is 73.2 cm³/mol. The molecule has 6 heteroatoms. The molecular weight excluding hydrogens is 252 g/mol. The summed E-state index contributed by atoms with van der Waals surface area (Å²) in [6, 6.07) is 0.929. The Bertz CT molecular complexity index is 487. The van der Waals surface area contributed by atoms with Gasteiger partial charge in [-0.2, -0.15) is 5.10 Å². The molecule has 5 nitrogen and oxygen atoms in total. The zero-order valence-corrected chi connectivity index (χ0v) is 11.7. The highest BCUT2D eigenvalue weighted by atomic mass is 35.5. The maximum Gasteiger partial charge on any atom is 0.287 e. The van der Waals surface area contributed by atoms with Crippen LogP contribution in [-0.2, 0) is 7.05 Å². The van der Waals surface area contributed by atoms with Crippen molar-refractivity contribution in [3.63, 3.8) is 0 Å². The first-order chi connectivity index (χ1) is 8.49. The number of rotatable bonds is 2. The van der Waals surface area contributed by atoms with Gasteiger partial charge in [-0.15, -0.1) is 0 Å². The third kappa shape index (κ3) is 2.67. The van der Waals surface area contributed by atoms with Crippen molar-refractivity contribution in [1.82, 2.24) is 14.7 Å². The van der Waals surface area contributed by atoms with Gasteiger partial charge in [-0.25, -0.2) is 4.68 Å². The van der Waals surface area contributed by atoms with Gasteiger partial charge in [0.05, 0.1) is 11.9 Å². The van der Waals surface area contributed by atoms with Crippen LogP contribution >= 0.6 is 11.6 Å². The van der Waals surface area contributed by atoms with Crippen LogP contribution in [0.1, 0.15) is 19.8 Å². The van der Waals surface area contributed by atoms with E-state index in [9.17, 15) is 4.79 Å². The summed E-state index contributed by atoms with van der Waals surface area (Å²) >= 11 is 6.03. The average Bonchev–Trinajstić information content (AvgIpc) is 2.34. The Morgan fingerprint density at radius 3 is 2.83 bits per heavy atom. The van der Waals surface area contributed by atoms with Crippen molar-refractivity contribution in [3.8, 4) is 0 Å². The fraction of sp³-hybridized carbons (Fsp3) is 0.667. The third-order valence-electron chi connectivity index (χ3n) is 3.63. The first-order valence-electron chi connectivity index (χ1n) is 6.17. The third-order valence-corrected chi connectivity index (χ3v) is 4.00. The van der Waals surface area contributed by atoms with Crippen molar-refractivity contribution in [2.75, 3.05) is 18.9 Å². The Hall–Kier alpha value is -1.07. The van der Waals surface area contributed by atoms with Crippen LogP contribution in [0.4, 0.5) is 5.69 Å². The highest BCUT2D eigenvalue weighted by molar-refractivity contribution is 6.32. The lowest BCUT2D eigenvalue weighted by Crippen LogP contribution is -2.44. The van der Waals surface area contributed by atoms with Crippen LogP contribution in [0.3, 0.4) is 0 Å². The molecule has 100 valence electrons. The van der Waals surface area contributed by atoms with Gasteiger partial charge in [0.25, 0.3) is 5.56 Å². The minimum absolute atomic E-state index is 0.216. The highest BCUT2D eigenvalue weighted by Crippen LogP contribution is 2.21. The Balaban J connectivity index is 2.11. The van der Waals surface area contributed by atoms with Crippen molar-refractivity contribution < 1.29 is 0 Å². The lowest BCUT2D eigenvalue weighted by Gasteiger charge is -2.36. The largest absolute Gasteiger partial charge is 0.378 e. The summed E-state index contributed by atoms with van der Waals surface area (Å²) in [5.74, 6) is 0. The molecule has 1 fully saturated rings. The summed E-state index contributed by atoms with van der Waals surface area (Å²) in [4.78, 5) is 14.0. The molecule has 0 saturated carbocycles. The number of nitrogens with one attached hydrogen (secondary N) is 1. The molecule has 0 aliphatic carbocycles. The highest BCUT2D eigenvalue weighted by Gasteiger charge is 2.23. The molecule has 0 bridgehead atoms. The first kappa shape index (κ1) is 13.4. The molecule has 1 aliphatic heterocycles. The zero-order valence-electron chi connectivity index (χ0n) is 11.0. The number of aromatic nitrogens is 2. The van der Waals surface area contributed by atoms with Crippen molar-refractivity contribution in [2.45, 2.75) is 31.8 Å². The summed E-state index contributed by atoms with van der Waals surface area (Å²) in [6.07, 6.45) is 3.84. The number of hydrogen-bond acceptors (Lipinski definition) is 4. The normalized spacial score (nSPS) is 25.1. The molecule has 0 amide bonds. The quantitative estimate of drug-likeness (QED) is 0.881. The van der Waals surface area contributed by atoms with Crippen LogP contribution < -0.4 is 10.9 Å². The van der Waals surface area contributed by atoms with Gasteiger partial charge in [-0.05, 0) is 26.8 Å². The van der Waals surface area contributed by atoms with E-state index in [2.05, 4.69) is 29.3 Å². The summed E-state index contributed by atoms with van der Waals surface area (Å²) in [6.45, 7) is 3.18. The molecule has 0 spiro atoms. The lowest BCUT2D eigenvalue weighted by molar-refractivity contribution is 0.188. The SMILES string of the molecule is C[C@@H]1CC[C@@H](Nc2cnn(C)c(=O)c2Cl)CN1C. The van der Waals surface area contributed by atoms with Crippen LogP contribution in [0.2, 0.25) is 5.02 Å². The van der Waals surface area contributed by atoms with Crippen LogP contribution in [0.5, 0.6) is 0 Å². The van der Waals surface area contributed by atoms with Crippen molar-refractivity contribution in [3.05, 3.63) is 21.6 Å². The maximum atomic E-state index is 11.7. The fourth-order valence-electron chi connectivity index (χ4n) is 2.23. The van der Waals surface area contributed by atoms with Crippen molar-refractivity contribution in [2.24, 2.45) is 7.05 Å². The van der Waals surface area contributed by atoms with E-state index >= 15 is 0 Å². The summed E-state index contributed by atoms with van der Waals surface area (Å²) in [7, 11) is 3.70. The number of aryl methyl sites for hydroxylation is 1. The molecule has 1 aromatic heterocycles. The van der Waals surface area contributed by atoms with Gasteiger partial charge < -0.3 is 10.2 Å². The second kappa shape index (κ2) is 5.28. The van der Waals surface area contributed by atoms with Gasteiger partial charge in [0, 0.05) is 25.7 Å². The number of hydrogen-bond donors (Lipinski definition) is 1. The molecule has 1 N–H and O–H groups in total. The van der Waals surface area contributed by atoms with Crippen LogP contribution in [0.25, 0.3) is 0 Å². The molecule has 1 aliphatic rings. The number of piperidine rings is 1. The summed E-state index contributed by atoms with van der Waals surface area (Å²) in [5.41, 5.74) is 0.368. The zero-order chi connectivity index (χ0) is 13.3. The lowest BCUT2D eigenvalue weighted by atomic mass is 10.00. The van der Waals surface area contributed by atoms with E-state index in [0.29, 0.717) is 17.8 Å². The average molecular weight is 271 g/mol. The van der Waals surface area contributed by atoms with Gasteiger partial charge in [0.2, 0.25) is 0 Å². The predicted octanol–water partition coefficient (Wildman–Crippen LogP) is 1.33. The van der Waals surface area contributed by atoms with E-state index < -0.39 is 0 Å². The Morgan fingerprint density at radius 2 is 2.17 bits per heavy atom. The van der Waals surface area contributed by atoms with Crippen LogP contribution in [0, 0.1) is 0 Å². The molecule has 0 aromatic carbocycles. The Kier molecular flexibility index (Phi) is 3.92. The molecule has 2 rings (SSSR count). The minimum atomic E-state index is -0.265. The number of halogens is 1. The first-order valence-corrected chi connectivity index (χ1v) is 6.55. The number of likely N-dealkylation sites (N-methyl/N-ethyl adjacent to an activating group) is 1. The molecule has 18 heavy (non-hydrogen) atoms. The van der Waals surface area contributed by atoms with E-state index in [1.165, 1.54) is 4.68 Å². The molecule has 1 aromatic rings. The number of likely N-dealkylation sites (tertiary alicyclic amines) is 1. The van der Waals surface area contributed by atoms with E-state index in [4.69, 9.17) is 11.6 Å². The number of anilines is 1. The smallest absolute Gasteiger partial charge is 0.287 e. The van der Waals surface area contributed by atoms with Crippen LogP contribution in [0.15, 0.2) is 11.0 Å². The van der Waals surface area contributed by atoms with E-state index in [-0.39, 0.29) is 10.6 Å². The molecule has 1 saturated heterocycles. The topological polar surface area (TPSA) is 50.2 Å². The van der Waals surface area contributed by atoms with E-state index in [0.717, 1.165) is 19.4 Å². The van der Waals surface area contributed by atoms with E-state index in [1.807, 2.05) is 0 Å². The molecule has 0 unspecified atom stereocenters. The van der Waals surface area contributed by atoms with Gasteiger partial charge >= 0.3 is 0 Å². The van der Waals surface area contributed by atoms with Crippen molar-refractivity contribution >= 4 is 17.3 Å². The summed E-state index contributed by atoms with van der Waals surface area (Å²) in [5, 5.41) is 7.52. The van der Waals surface area contributed by atoms with Gasteiger partial charge in [0.1, 0.15) is 5.02 Å². The van der Waals surface area contributed by atoms with Gasteiger partial charge in [0.15, 0.2) is 0 Å². The molecule has 2 atom stereocenters. The van der Waals surface area contributed by atoms with Gasteiger partial charge in [-0.3, -0.25) is 4.79 Å². The fourth-order valence-corrected chi connectivity index (χ4v) is 2.46. The molecule has 2 heterocycles.